The molecule has 114 valence electrons. The zero-order valence-corrected chi connectivity index (χ0v) is 13.3. The van der Waals surface area contributed by atoms with E-state index in [4.69, 9.17) is 5.73 Å². The third kappa shape index (κ3) is 5.98. The number of nitrogens with two attached hydrogens (primary N) is 1. The highest BCUT2D eigenvalue weighted by molar-refractivity contribution is 7.90. The van der Waals surface area contributed by atoms with Crippen LogP contribution in [0, 0.1) is 18.8 Å². The van der Waals surface area contributed by atoms with Crippen LogP contribution in [0.5, 0.6) is 0 Å². The first kappa shape index (κ1) is 17.2. The molecule has 0 aliphatic heterocycles. The van der Waals surface area contributed by atoms with Gasteiger partial charge in [0.05, 0.1) is 17.9 Å². The predicted octanol–water partition coefficient (Wildman–Crippen LogP) is 0.468. The molecule has 3 N–H and O–H groups in total. The average Bonchev–Trinajstić information content (AvgIpc) is 2.33. The lowest BCUT2D eigenvalue weighted by Gasteiger charge is -2.14. The SMILES string of the molecule is Cc1ccc(C(=O)NC(C)CS(C)(=O)=O)c(C#CCN)c1. The van der Waals surface area contributed by atoms with Crippen LogP contribution in [0.3, 0.4) is 0 Å². The Morgan fingerprint density at radius 1 is 1.43 bits per heavy atom. The van der Waals surface area contributed by atoms with E-state index in [1.165, 1.54) is 0 Å². The Labute approximate surface area is 125 Å². The molecule has 0 spiro atoms. The van der Waals surface area contributed by atoms with Gasteiger partial charge in [0.2, 0.25) is 0 Å². The molecule has 0 radical (unpaired) electrons. The van der Waals surface area contributed by atoms with Crippen molar-refractivity contribution in [2.24, 2.45) is 5.73 Å². The van der Waals surface area contributed by atoms with Gasteiger partial charge >= 0.3 is 0 Å². The summed E-state index contributed by atoms with van der Waals surface area (Å²) in [6.07, 6.45) is 1.14. The normalized spacial score (nSPS) is 12.2. The summed E-state index contributed by atoms with van der Waals surface area (Å²) in [5, 5.41) is 2.67. The van der Waals surface area contributed by atoms with Gasteiger partial charge in [-0.2, -0.15) is 0 Å². The lowest BCUT2D eigenvalue weighted by Crippen LogP contribution is -2.37. The molecule has 0 saturated heterocycles. The molecule has 1 atom stereocenters. The van der Waals surface area contributed by atoms with Gasteiger partial charge in [0.25, 0.3) is 5.91 Å². The number of sulfone groups is 1. The van der Waals surface area contributed by atoms with Gasteiger partial charge in [-0.25, -0.2) is 8.42 Å². The third-order valence-corrected chi connectivity index (χ3v) is 3.78. The van der Waals surface area contributed by atoms with E-state index in [2.05, 4.69) is 17.2 Å². The number of nitrogens with one attached hydrogen (secondary N) is 1. The first-order chi connectivity index (χ1) is 9.73. The highest BCUT2D eigenvalue weighted by Crippen LogP contribution is 2.11. The van der Waals surface area contributed by atoms with Gasteiger partial charge in [0.1, 0.15) is 9.84 Å². The number of benzene rings is 1. The zero-order chi connectivity index (χ0) is 16.0. The first-order valence-electron chi connectivity index (χ1n) is 6.51. The lowest BCUT2D eigenvalue weighted by atomic mass is 10.0. The fourth-order valence-electron chi connectivity index (χ4n) is 1.90. The van der Waals surface area contributed by atoms with Gasteiger partial charge in [-0.15, -0.1) is 0 Å². The van der Waals surface area contributed by atoms with Crippen LogP contribution in [0.4, 0.5) is 0 Å². The highest BCUT2D eigenvalue weighted by atomic mass is 32.2. The van der Waals surface area contributed by atoms with Crippen molar-refractivity contribution in [3.8, 4) is 11.8 Å². The Bertz CT molecular complexity index is 685. The zero-order valence-electron chi connectivity index (χ0n) is 12.4. The van der Waals surface area contributed by atoms with Crippen molar-refractivity contribution in [2.75, 3.05) is 18.6 Å². The summed E-state index contributed by atoms with van der Waals surface area (Å²) < 4.78 is 22.5. The van der Waals surface area contributed by atoms with Gasteiger partial charge in [-0.1, -0.05) is 17.9 Å². The number of hydrogen-bond acceptors (Lipinski definition) is 4. The number of rotatable bonds is 4. The Hall–Kier alpha value is -1.84. The van der Waals surface area contributed by atoms with Crippen molar-refractivity contribution < 1.29 is 13.2 Å². The molecule has 21 heavy (non-hydrogen) atoms. The van der Waals surface area contributed by atoms with E-state index in [1.54, 1.807) is 19.1 Å². The molecule has 1 amide bonds. The van der Waals surface area contributed by atoms with E-state index in [9.17, 15) is 13.2 Å². The molecule has 0 aliphatic carbocycles. The van der Waals surface area contributed by atoms with Crippen LogP contribution in [0.25, 0.3) is 0 Å². The minimum atomic E-state index is -3.14. The molecule has 1 unspecified atom stereocenters. The largest absolute Gasteiger partial charge is 0.349 e. The Balaban J connectivity index is 2.97. The monoisotopic (exact) mass is 308 g/mol. The van der Waals surface area contributed by atoms with Gasteiger partial charge in [-0.3, -0.25) is 4.79 Å². The molecule has 0 heterocycles. The van der Waals surface area contributed by atoms with Crippen LogP contribution in [0.15, 0.2) is 18.2 Å². The van der Waals surface area contributed by atoms with E-state index < -0.39 is 15.9 Å². The second kappa shape index (κ2) is 7.25. The summed E-state index contributed by atoms with van der Waals surface area (Å²) in [6.45, 7) is 3.76. The van der Waals surface area contributed by atoms with Crippen molar-refractivity contribution in [2.45, 2.75) is 19.9 Å². The standard InChI is InChI=1S/C15H20N2O3S/c1-11-6-7-14(13(9-11)5-4-8-16)15(18)17-12(2)10-21(3,19)20/h6-7,9,12H,8,10,16H2,1-3H3,(H,17,18). The number of carbonyl (C=O) groups excluding carboxylic acids is 1. The van der Waals surface area contributed by atoms with Gasteiger partial charge in [0, 0.05) is 17.9 Å². The van der Waals surface area contributed by atoms with Gasteiger partial charge in [-0.05, 0) is 31.5 Å². The van der Waals surface area contributed by atoms with E-state index in [0.29, 0.717) is 11.1 Å². The van der Waals surface area contributed by atoms with E-state index in [0.717, 1.165) is 11.8 Å². The molecule has 0 aliphatic rings. The van der Waals surface area contributed by atoms with Crippen molar-refractivity contribution in [3.63, 3.8) is 0 Å². The Morgan fingerprint density at radius 3 is 2.67 bits per heavy atom. The maximum absolute atomic E-state index is 12.2. The number of aryl methyl sites for hydroxylation is 1. The van der Waals surface area contributed by atoms with Crippen LogP contribution < -0.4 is 11.1 Å². The minimum absolute atomic E-state index is 0.103. The topological polar surface area (TPSA) is 89.3 Å². The Morgan fingerprint density at radius 2 is 2.10 bits per heavy atom. The summed E-state index contributed by atoms with van der Waals surface area (Å²) in [7, 11) is -3.14. The smallest absolute Gasteiger partial charge is 0.252 e. The van der Waals surface area contributed by atoms with E-state index >= 15 is 0 Å². The predicted molar refractivity (Wildman–Crippen MR) is 83.8 cm³/mol. The summed E-state index contributed by atoms with van der Waals surface area (Å²) in [5.41, 5.74) is 7.34. The van der Waals surface area contributed by atoms with Crippen molar-refractivity contribution in [1.29, 1.82) is 0 Å². The second-order valence-electron chi connectivity index (χ2n) is 5.02. The third-order valence-electron chi connectivity index (χ3n) is 2.68. The minimum Gasteiger partial charge on any atom is -0.349 e. The Kier molecular flexibility index (Phi) is 5.94. The molecule has 5 nitrogen and oxygen atoms in total. The molecule has 0 aromatic heterocycles. The molecular formula is C15H20N2O3S. The number of carbonyl (C=O) groups is 1. The number of amides is 1. The molecule has 1 aromatic carbocycles. The fourth-order valence-corrected chi connectivity index (χ4v) is 2.89. The van der Waals surface area contributed by atoms with Crippen LogP contribution in [-0.4, -0.2) is 38.9 Å². The van der Waals surface area contributed by atoms with Crippen molar-refractivity contribution >= 4 is 15.7 Å². The lowest BCUT2D eigenvalue weighted by molar-refractivity contribution is 0.0943. The van der Waals surface area contributed by atoms with Gasteiger partial charge < -0.3 is 11.1 Å². The second-order valence-corrected chi connectivity index (χ2v) is 7.21. The average molecular weight is 308 g/mol. The molecule has 0 fully saturated rings. The summed E-state index contributed by atoms with van der Waals surface area (Å²) in [6, 6.07) is 4.82. The molecule has 1 rings (SSSR count). The summed E-state index contributed by atoms with van der Waals surface area (Å²) in [4.78, 5) is 12.2. The molecule has 0 bridgehead atoms. The van der Waals surface area contributed by atoms with Crippen LogP contribution in [-0.2, 0) is 9.84 Å². The van der Waals surface area contributed by atoms with Crippen LogP contribution in [0.1, 0.15) is 28.4 Å². The molecule has 6 heteroatoms. The van der Waals surface area contributed by atoms with Crippen LogP contribution in [0.2, 0.25) is 0 Å². The van der Waals surface area contributed by atoms with E-state index in [1.807, 2.05) is 13.0 Å². The number of hydrogen-bond donors (Lipinski definition) is 2. The highest BCUT2D eigenvalue weighted by Gasteiger charge is 2.16. The van der Waals surface area contributed by atoms with Crippen molar-refractivity contribution in [3.05, 3.63) is 34.9 Å². The molecule has 1 aromatic rings. The first-order valence-corrected chi connectivity index (χ1v) is 8.57. The van der Waals surface area contributed by atoms with E-state index in [-0.39, 0.29) is 18.2 Å². The summed E-state index contributed by atoms with van der Waals surface area (Å²) in [5.74, 6) is 5.14. The quantitative estimate of drug-likeness (QED) is 0.791. The van der Waals surface area contributed by atoms with Crippen LogP contribution >= 0.6 is 0 Å². The maximum Gasteiger partial charge on any atom is 0.252 e. The summed E-state index contributed by atoms with van der Waals surface area (Å²) >= 11 is 0. The van der Waals surface area contributed by atoms with Gasteiger partial charge in [0.15, 0.2) is 0 Å². The maximum atomic E-state index is 12.2. The molecule has 0 saturated carbocycles. The molecular weight excluding hydrogens is 288 g/mol. The fraction of sp³-hybridized carbons (Fsp3) is 0.400. The van der Waals surface area contributed by atoms with Crippen molar-refractivity contribution in [1.82, 2.24) is 5.32 Å².